The van der Waals surface area contributed by atoms with E-state index in [0.717, 1.165) is 32.4 Å². The monoisotopic (exact) mass is 318 g/mol. The molecule has 0 aliphatic carbocycles. The van der Waals surface area contributed by atoms with Crippen molar-refractivity contribution < 1.29 is 9.59 Å². The Kier molecular flexibility index (Phi) is 4.71. The average Bonchev–Trinajstić information content (AvgIpc) is 3.15. The summed E-state index contributed by atoms with van der Waals surface area (Å²) in [5.74, 6) is 0.212. The molecule has 1 aromatic rings. The molecule has 1 N–H and O–H groups in total. The van der Waals surface area contributed by atoms with Gasteiger partial charge in [0.05, 0.1) is 5.25 Å². The second kappa shape index (κ2) is 6.73. The molecular weight excluding hydrogens is 296 g/mol. The van der Waals surface area contributed by atoms with Crippen LogP contribution in [-0.2, 0) is 16.0 Å². The number of nitrogens with one attached hydrogen (secondary N) is 1. The zero-order valence-corrected chi connectivity index (χ0v) is 13.7. The topological polar surface area (TPSA) is 49.4 Å². The number of likely N-dealkylation sites (tertiary alicyclic amines) is 1. The quantitative estimate of drug-likeness (QED) is 0.925. The van der Waals surface area contributed by atoms with Gasteiger partial charge in [0.2, 0.25) is 11.8 Å². The molecule has 0 aromatic heterocycles. The maximum absolute atomic E-state index is 12.2. The molecule has 0 bridgehead atoms. The highest BCUT2D eigenvalue weighted by Crippen LogP contribution is 2.37. The molecule has 118 valence electrons. The molecule has 1 aromatic carbocycles. The molecule has 1 saturated heterocycles. The van der Waals surface area contributed by atoms with Gasteiger partial charge in [-0.3, -0.25) is 9.59 Å². The Morgan fingerprint density at radius 1 is 1.32 bits per heavy atom. The van der Waals surface area contributed by atoms with E-state index >= 15 is 0 Å². The molecule has 2 heterocycles. The van der Waals surface area contributed by atoms with Crippen LogP contribution in [0.15, 0.2) is 23.1 Å². The van der Waals surface area contributed by atoms with Crippen molar-refractivity contribution in [2.45, 2.75) is 42.8 Å². The molecular formula is C17H22N2O2S. The Labute approximate surface area is 135 Å². The van der Waals surface area contributed by atoms with E-state index in [9.17, 15) is 9.59 Å². The summed E-state index contributed by atoms with van der Waals surface area (Å²) in [5.41, 5.74) is 2.48. The van der Waals surface area contributed by atoms with Crippen LogP contribution in [0.2, 0.25) is 0 Å². The third kappa shape index (κ3) is 3.46. The molecule has 1 atom stereocenters. The maximum atomic E-state index is 12.2. The highest BCUT2D eigenvalue weighted by Gasteiger charge is 2.28. The first-order chi connectivity index (χ1) is 10.6. The molecule has 1 unspecified atom stereocenters. The Morgan fingerprint density at radius 3 is 2.86 bits per heavy atom. The molecule has 4 nitrogen and oxygen atoms in total. The van der Waals surface area contributed by atoms with E-state index in [0.29, 0.717) is 13.0 Å². The lowest BCUT2D eigenvalue weighted by molar-refractivity contribution is -0.130. The van der Waals surface area contributed by atoms with Gasteiger partial charge in [-0.05, 0) is 37.8 Å². The van der Waals surface area contributed by atoms with Crippen LogP contribution in [0.5, 0.6) is 0 Å². The van der Waals surface area contributed by atoms with E-state index in [1.165, 1.54) is 16.0 Å². The minimum Gasteiger partial charge on any atom is -0.355 e. The molecule has 5 heteroatoms. The van der Waals surface area contributed by atoms with Crippen LogP contribution in [0.25, 0.3) is 0 Å². The second-order valence-electron chi connectivity index (χ2n) is 6.05. The van der Waals surface area contributed by atoms with Crippen LogP contribution in [0.1, 0.15) is 30.4 Å². The number of thioether (sulfide) groups is 1. The van der Waals surface area contributed by atoms with E-state index in [4.69, 9.17) is 0 Å². The van der Waals surface area contributed by atoms with Crippen molar-refractivity contribution in [2.75, 3.05) is 19.6 Å². The molecule has 0 saturated carbocycles. The van der Waals surface area contributed by atoms with Crippen molar-refractivity contribution in [3.63, 3.8) is 0 Å². The van der Waals surface area contributed by atoms with Gasteiger partial charge in [0.25, 0.3) is 0 Å². The first-order valence-electron chi connectivity index (χ1n) is 7.95. The van der Waals surface area contributed by atoms with E-state index < -0.39 is 0 Å². The summed E-state index contributed by atoms with van der Waals surface area (Å²) in [6, 6.07) is 6.35. The first-order valence-corrected chi connectivity index (χ1v) is 8.83. The van der Waals surface area contributed by atoms with Gasteiger partial charge in [0.15, 0.2) is 0 Å². The number of fused-ring (bicyclic) bond motifs is 1. The number of rotatable bonds is 4. The molecule has 2 amide bonds. The Hall–Kier alpha value is -1.49. The van der Waals surface area contributed by atoms with Crippen LogP contribution >= 0.6 is 11.8 Å². The molecule has 0 radical (unpaired) electrons. The number of hydrogen-bond acceptors (Lipinski definition) is 3. The van der Waals surface area contributed by atoms with Gasteiger partial charge in [0.1, 0.15) is 0 Å². The second-order valence-corrected chi connectivity index (χ2v) is 7.30. The third-order valence-electron chi connectivity index (χ3n) is 4.29. The molecule has 1 fully saturated rings. The van der Waals surface area contributed by atoms with Gasteiger partial charge in [-0.1, -0.05) is 17.7 Å². The molecule has 2 aliphatic rings. The van der Waals surface area contributed by atoms with Crippen molar-refractivity contribution in [3.05, 3.63) is 29.3 Å². The SMILES string of the molecule is Cc1ccc2c(c1)SC(C(=O)NCCC(=O)N1CCCC1)C2. The van der Waals surface area contributed by atoms with Gasteiger partial charge in [-0.2, -0.15) is 0 Å². The smallest absolute Gasteiger partial charge is 0.233 e. The largest absolute Gasteiger partial charge is 0.355 e. The van der Waals surface area contributed by atoms with E-state index in [2.05, 4.69) is 30.4 Å². The molecule has 0 spiro atoms. The predicted molar refractivity (Wildman–Crippen MR) is 88.0 cm³/mol. The zero-order valence-electron chi connectivity index (χ0n) is 12.9. The minimum atomic E-state index is -0.0568. The summed E-state index contributed by atoms with van der Waals surface area (Å²) in [6.45, 7) is 4.26. The lowest BCUT2D eigenvalue weighted by Crippen LogP contribution is -2.36. The number of hydrogen-bond donors (Lipinski definition) is 1. The Bertz CT molecular complexity index is 582. The van der Waals surface area contributed by atoms with Gasteiger partial charge in [-0.25, -0.2) is 0 Å². The Balaban J connectivity index is 1.44. The summed E-state index contributed by atoms with van der Waals surface area (Å²) < 4.78 is 0. The van der Waals surface area contributed by atoms with Crippen LogP contribution in [0, 0.1) is 6.92 Å². The summed E-state index contributed by atoms with van der Waals surface area (Å²) in [5, 5.41) is 2.86. The summed E-state index contributed by atoms with van der Waals surface area (Å²) >= 11 is 1.64. The number of amides is 2. The lowest BCUT2D eigenvalue weighted by Gasteiger charge is -2.15. The fourth-order valence-electron chi connectivity index (χ4n) is 3.01. The minimum absolute atomic E-state index is 0.0491. The van der Waals surface area contributed by atoms with Gasteiger partial charge >= 0.3 is 0 Å². The number of benzene rings is 1. The average molecular weight is 318 g/mol. The number of carbonyl (C=O) groups excluding carboxylic acids is 2. The van der Waals surface area contributed by atoms with Crippen LogP contribution in [0.4, 0.5) is 0 Å². The van der Waals surface area contributed by atoms with Crippen molar-refractivity contribution in [1.82, 2.24) is 10.2 Å². The number of nitrogens with zero attached hydrogens (tertiary/aromatic N) is 1. The van der Waals surface area contributed by atoms with Crippen LogP contribution in [0.3, 0.4) is 0 Å². The van der Waals surface area contributed by atoms with E-state index in [1.807, 2.05) is 4.90 Å². The van der Waals surface area contributed by atoms with Gasteiger partial charge in [-0.15, -0.1) is 11.8 Å². The predicted octanol–water partition coefficient (Wildman–Crippen LogP) is 2.14. The van der Waals surface area contributed by atoms with E-state index in [-0.39, 0.29) is 17.1 Å². The van der Waals surface area contributed by atoms with Crippen molar-refractivity contribution in [1.29, 1.82) is 0 Å². The number of carbonyl (C=O) groups is 2. The fraction of sp³-hybridized carbons (Fsp3) is 0.529. The highest BCUT2D eigenvalue weighted by atomic mass is 32.2. The van der Waals surface area contributed by atoms with Crippen molar-refractivity contribution >= 4 is 23.6 Å². The third-order valence-corrected chi connectivity index (χ3v) is 5.59. The standard InChI is InChI=1S/C17H22N2O2S/c1-12-4-5-13-11-15(22-14(13)10-12)17(21)18-7-6-16(20)19-8-2-3-9-19/h4-5,10,15H,2-3,6-9,11H2,1H3,(H,18,21). The van der Waals surface area contributed by atoms with Crippen molar-refractivity contribution in [3.8, 4) is 0 Å². The van der Waals surface area contributed by atoms with Crippen LogP contribution < -0.4 is 5.32 Å². The van der Waals surface area contributed by atoms with Crippen molar-refractivity contribution in [2.24, 2.45) is 0 Å². The summed E-state index contributed by atoms with van der Waals surface area (Å²) in [4.78, 5) is 27.3. The normalized spacial score (nSPS) is 20.0. The summed E-state index contributed by atoms with van der Waals surface area (Å²) in [6.07, 6.45) is 3.41. The lowest BCUT2D eigenvalue weighted by atomic mass is 10.1. The van der Waals surface area contributed by atoms with Crippen LogP contribution in [-0.4, -0.2) is 41.6 Å². The van der Waals surface area contributed by atoms with Gasteiger partial charge < -0.3 is 10.2 Å². The van der Waals surface area contributed by atoms with E-state index in [1.54, 1.807) is 11.8 Å². The van der Waals surface area contributed by atoms with Gasteiger partial charge in [0, 0.05) is 31.0 Å². The molecule has 3 rings (SSSR count). The Morgan fingerprint density at radius 2 is 2.09 bits per heavy atom. The molecule has 22 heavy (non-hydrogen) atoms. The number of aryl methyl sites for hydroxylation is 1. The zero-order chi connectivity index (χ0) is 15.5. The molecule has 2 aliphatic heterocycles. The first kappa shape index (κ1) is 15.4. The highest BCUT2D eigenvalue weighted by molar-refractivity contribution is 8.01. The fourth-order valence-corrected chi connectivity index (χ4v) is 4.33. The maximum Gasteiger partial charge on any atom is 0.233 e. The summed E-state index contributed by atoms with van der Waals surface area (Å²) in [7, 11) is 0.